The first-order chi connectivity index (χ1) is 13.5. The van der Waals surface area contributed by atoms with Crippen LogP contribution in [-0.4, -0.2) is 38.2 Å². The molecule has 0 saturated heterocycles. The molecule has 28 heavy (non-hydrogen) atoms. The lowest BCUT2D eigenvalue weighted by atomic mass is 10.3. The quantitative estimate of drug-likeness (QED) is 0.604. The Morgan fingerprint density at radius 2 is 2.11 bits per heavy atom. The molecule has 146 valence electrons. The topological polar surface area (TPSA) is 105 Å². The van der Waals surface area contributed by atoms with Crippen molar-refractivity contribution < 1.29 is 4.79 Å². The number of hydrogen-bond donors (Lipinski definition) is 3. The highest BCUT2D eigenvalue weighted by atomic mass is 16.2. The highest BCUT2D eigenvalue weighted by molar-refractivity contribution is 6.00. The van der Waals surface area contributed by atoms with E-state index >= 15 is 0 Å². The number of nitrogens with one attached hydrogen (secondary N) is 3. The highest BCUT2D eigenvalue weighted by Gasteiger charge is 2.26. The molecule has 4 rings (SSSR count). The molecule has 1 saturated carbocycles. The maximum Gasteiger partial charge on any atom is 0.274 e. The number of hydrogen-bond acceptors (Lipinski definition) is 6. The van der Waals surface area contributed by atoms with Gasteiger partial charge >= 0.3 is 0 Å². The molecule has 0 spiro atoms. The average Bonchev–Trinajstić information content (AvgIpc) is 3.38. The van der Waals surface area contributed by atoms with Gasteiger partial charge in [0.15, 0.2) is 5.65 Å². The van der Waals surface area contributed by atoms with Crippen LogP contribution in [0.4, 0.5) is 17.3 Å². The summed E-state index contributed by atoms with van der Waals surface area (Å²) in [6.07, 6.45) is 5.27. The zero-order chi connectivity index (χ0) is 19.8. The zero-order valence-electron chi connectivity index (χ0n) is 16.1. The number of anilines is 3. The Bertz CT molecular complexity index is 1100. The molecule has 0 atom stereocenters. The van der Waals surface area contributed by atoms with Gasteiger partial charge < -0.3 is 20.5 Å². The zero-order valence-corrected chi connectivity index (χ0v) is 16.1. The van der Waals surface area contributed by atoms with E-state index in [2.05, 4.69) is 26.0 Å². The number of aromatic nitrogens is 4. The molecule has 0 unspecified atom stereocenters. The van der Waals surface area contributed by atoms with Crippen LogP contribution in [0.25, 0.3) is 5.65 Å². The molecule has 3 aromatic heterocycles. The third kappa shape index (κ3) is 3.30. The van der Waals surface area contributed by atoms with Gasteiger partial charge in [0.1, 0.15) is 22.9 Å². The van der Waals surface area contributed by atoms with Crippen molar-refractivity contribution in [2.24, 2.45) is 0 Å². The van der Waals surface area contributed by atoms with Crippen molar-refractivity contribution in [3.05, 3.63) is 46.5 Å². The summed E-state index contributed by atoms with van der Waals surface area (Å²) >= 11 is 0. The van der Waals surface area contributed by atoms with Crippen LogP contribution in [0.3, 0.4) is 0 Å². The van der Waals surface area contributed by atoms with Crippen molar-refractivity contribution >= 4 is 28.9 Å². The second-order valence-electron chi connectivity index (χ2n) is 7.17. The summed E-state index contributed by atoms with van der Waals surface area (Å²) in [6.45, 7) is 3.90. The normalized spacial score (nSPS) is 13.7. The summed E-state index contributed by atoms with van der Waals surface area (Å²) in [5, 5.41) is 13.4. The molecular formula is C19H23N7O2. The van der Waals surface area contributed by atoms with Gasteiger partial charge in [-0.2, -0.15) is 9.61 Å². The second kappa shape index (κ2) is 6.99. The van der Waals surface area contributed by atoms with Crippen LogP contribution in [0.5, 0.6) is 0 Å². The number of rotatable bonds is 6. The molecule has 1 fully saturated rings. The molecule has 1 aliphatic rings. The molecule has 0 bridgehead atoms. The Balaban J connectivity index is 1.74. The summed E-state index contributed by atoms with van der Waals surface area (Å²) < 4.78 is 3.22. The largest absolute Gasteiger partial charge is 0.373 e. The minimum Gasteiger partial charge on any atom is -0.373 e. The monoisotopic (exact) mass is 381 g/mol. The van der Waals surface area contributed by atoms with Crippen molar-refractivity contribution in [3.63, 3.8) is 0 Å². The first kappa shape index (κ1) is 18.0. The van der Waals surface area contributed by atoms with Crippen molar-refractivity contribution in [1.29, 1.82) is 0 Å². The lowest BCUT2D eigenvalue weighted by Gasteiger charge is -2.13. The molecule has 0 aliphatic heterocycles. The highest BCUT2D eigenvalue weighted by Crippen LogP contribution is 2.23. The van der Waals surface area contributed by atoms with Crippen LogP contribution in [-0.2, 0) is 0 Å². The molecule has 9 heteroatoms. The lowest BCUT2D eigenvalue weighted by Crippen LogP contribution is -2.25. The van der Waals surface area contributed by atoms with Crippen LogP contribution < -0.4 is 21.5 Å². The van der Waals surface area contributed by atoms with E-state index in [1.54, 1.807) is 34.5 Å². The lowest BCUT2D eigenvalue weighted by molar-refractivity contribution is 0.0952. The van der Waals surface area contributed by atoms with Crippen molar-refractivity contribution in [2.45, 2.75) is 38.8 Å². The van der Waals surface area contributed by atoms with Crippen molar-refractivity contribution in [3.8, 4) is 0 Å². The first-order valence-electron chi connectivity index (χ1n) is 9.33. The molecule has 1 aliphatic carbocycles. The van der Waals surface area contributed by atoms with Gasteiger partial charge in [-0.25, -0.2) is 4.98 Å². The van der Waals surface area contributed by atoms with Gasteiger partial charge in [-0.05, 0) is 38.8 Å². The molecule has 3 N–H and O–H groups in total. The van der Waals surface area contributed by atoms with Crippen LogP contribution in [0.2, 0.25) is 0 Å². The van der Waals surface area contributed by atoms with Gasteiger partial charge in [-0.15, -0.1) is 0 Å². The predicted octanol–water partition coefficient (Wildman–Crippen LogP) is 2.15. The maximum atomic E-state index is 12.7. The Hall–Kier alpha value is -3.36. The molecule has 9 nitrogen and oxygen atoms in total. The van der Waals surface area contributed by atoms with E-state index in [9.17, 15) is 9.59 Å². The summed E-state index contributed by atoms with van der Waals surface area (Å²) in [4.78, 5) is 29.7. The second-order valence-corrected chi connectivity index (χ2v) is 7.17. The van der Waals surface area contributed by atoms with Crippen LogP contribution in [0.1, 0.15) is 43.1 Å². The molecule has 3 aromatic rings. The maximum absolute atomic E-state index is 12.7. The fourth-order valence-electron chi connectivity index (χ4n) is 3.01. The van der Waals surface area contributed by atoms with Crippen molar-refractivity contribution in [1.82, 2.24) is 24.5 Å². The van der Waals surface area contributed by atoms with Gasteiger partial charge in [0.2, 0.25) is 0 Å². The van der Waals surface area contributed by atoms with Gasteiger partial charge in [-0.1, -0.05) is 0 Å². The van der Waals surface area contributed by atoms with E-state index < -0.39 is 0 Å². The van der Waals surface area contributed by atoms with Crippen LogP contribution in [0.15, 0.2) is 35.4 Å². The number of amides is 1. The van der Waals surface area contributed by atoms with E-state index in [1.807, 2.05) is 19.9 Å². The van der Waals surface area contributed by atoms with E-state index in [0.29, 0.717) is 28.5 Å². The summed E-state index contributed by atoms with van der Waals surface area (Å²) in [7, 11) is 1.76. The number of pyridine rings is 1. The number of nitrogens with zero attached hydrogens (tertiary/aromatic N) is 4. The Labute approximate surface area is 161 Å². The minimum atomic E-state index is -0.189. The van der Waals surface area contributed by atoms with Crippen LogP contribution in [0, 0.1) is 0 Å². The third-order valence-corrected chi connectivity index (χ3v) is 4.68. The van der Waals surface area contributed by atoms with E-state index in [4.69, 9.17) is 0 Å². The van der Waals surface area contributed by atoms with E-state index in [1.165, 1.54) is 6.20 Å². The standard InChI is InChI=1S/C19H23N7O2/c1-11(2)25-8-4-5-14(19(25)28)23-15-9-16(20-3)26-17(24-15)13(10-21-26)18(27)22-12-6-7-12/h4-5,8-12,20H,6-7H2,1-3H3,(H,22,27)(H,23,24). The Morgan fingerprint density at radius 1 is 1.32 bits per heavy atom. The van der Waals surface area contributed by atoms with Gasteiger partial charge in [0.25, 0.3) is 11.5 Å². The summed E-state index contributed by atoms with van der Waals surface area (Å²) in [5.74, 6) is 0.917. The Kier molecular flexibility index (Phi) is 4.50. The minimum absolute atomic E-state index is 0.0464. The molecular weight excluding hydrogens is 358 g/mol. The molecule has 1 amide bonds. The average molecular weight is 381 g/mol. The summed E-state index contributed by atoms with van der Waals surface area (Å²) in [5.41, 5.74) is 1.11. The molecule has 3 heterocycles. The molecule has 0 radical (unpaired) electrons. The number of carbonyl (C=O) groups is 1. The van der Waals surface area contributed by atoms with Gasteiger partial charge in [0.05, 0.1) is 6.20 Å². The third-order valence-electron chi connectivity index (χ3n) is 4.68. The molecule has 0 aromatic carbocycles. The number of fused-ring (bicyclic) bond motifs is 1. The SMILES string of the molecule is CNc1cc(Nc2cccn(C(C)C)c2=O)nc2c(C(=O)NC3CC3)cnn12. The first-order valence-corrected chi connectivity index (χ1v) is 9.33. The van der Waals surface area contributed by atoms with Crippen LogP contribution >= 0.6 is 0 Å². The summed E-state index contributed by atoms with van der Waals surface area (Å²) in [6, 6.07) is 5.56. The fraction of sp³-hybridized carbons (Fsp3) is 0.368. The van der Waals surface area contributed by atoms with E-state index in [0.717, 1.165) is 12.8 Å². The van der Waals surface area contributed by atoms with Gasteiger partial charge in [0, 0.05) is 31.4 Å². The number of carbonyl (C=O) groups excluding carboxylic acids is 1. The fourth-order valence-corrected chi connectivity index (χ4v) is 3.01. The Morgan fingerprint density at radius 3 is 2.79 bits per heavy atom. The smallest absolute Gasteiger partial charge is 0.274 e. The van der Waals surface area contributed by atoms with E-state index in [-0.39, 0.29) is 23.6 Å². The predicted molar refractivity (Wildman–Crippen MR) is 107 cm³/mol. The van der Waals surface area contributed by atoms with Crippen molar-refractivity contribution in [2.75, 3.05) is 17.7 Å². The van der Waals surface area contributed by atoms with Gasteiger partial charge in [-0.3, -0.25) is 9.59 Å².